The largest absolute Gasteiger partial charge is 0.494 e. The second-order valence-corrected chi connectivity index (χ2v) is 7.32. The molecule has 0 radical (unpaired) electrons. The van der Waals surface area contributed by atoms with Crippen molar-refractivity contribution in [3.8, 4) is 11.7 Å². The molecule has 0 aliphatic heterocycles. The first kappa shape index (κ1) is 19.2. The van der Waals surface area contributed by atoms with Gasteiger partial charge in [-0.2, -0.15) is 0 Å². The number of pyridine rings is 2. The van der Waals surface area contributed by atoms with E-state index in [0.29, 0.717) is 37.9 Å². The summed E-state index contributed by atoms with van der Waals surface area (Å²) >= 11 is 12.1. The molecule has 7 heteroatoms. The van der Waals surface area contributed by atoms with Crippen LogP contribution in [0.15, 0.2) is 70.5 Å². The lowest BCUT2D eigenvalue weighted by Crippen LogP contribution is -2.21. The van der Waals surface area contributed by atoms with Gasteiger partial charge >= 0.3 is 0 Å². The van der Waals surface area contributed by atoms with Crippen molar-refractivity contribution in [2.24, 2.45) is 4.99 Å². The first-order valence-electron chi connectivity index (χ1n) is 8.75. The predicted molar refractivity (Wildman–Crippen MR) is 117 cm³/mol. The zero-order chi connectivity index (χ0) is 20.5. The lowest BCUT2D eigenvalue weighted by Gasteiger charge is -2.13. The van der Waals surface area contributed by atoms with E-state index in [1.165, 1.54) is 10.8 Å². The van der Waals surface area contributed by atoms with E-state index in [9.17, 15) is 9.90 Å². The third kappa shape index (κ3) is 3.75. The minimum atomic E-state index is -0.362. The van der Waals surface area contributed by atoms with Crippen molar-refractivity contribution in [1.29, 1.82) is 0 Å². The normalized spacial score (nSPS) is 11.4. The van der Waals surface area contributed by atoms with Crippen LogP contribution in [-0.4, -0.2) is 20.9 Å². The Labute approximate surface area is 176 Å². The molecular formula is C22H15Cl2N3O2. The van der Waals surface area contributed by atoms with Crippen molar-refractivity contribution in [2.75, 3.05) is 0 Å². The van der Waals surface area contributed by atoms with Crippen LogP contribution in [-0.2, 0) is 0 Å². The third-order valence-electron chi connectivity index (χ3n) is 4.40. The molecule has 0 bridgehead atoms. The summed E-state index contributed by atoms with van der Waals surface area (Å²) in [7, 11) is 0. The first-order valence-corrected chi connectivity index (χ1v) is 9.50. The molecule has 4 rings (SSSR count). The third-order valence-corrected chi connectivity index (χ3v) is 4.83. The topological polar surface area (TPSA) is 67.5 Å². The molecule has 0 saturated carbocycles. The molecule has 0 spiro atoms. The second kappa shape index (κ2) is 7.70. The van der Waals surface area contributed by atoms with Gasteiger partial charge in [0.1, 0.15) is 5.82 Å². The number of hydrogen-bond acceptors (Lipinski definition) is 4. The Hall–Kier alpha value is -3.15. The second-order valence-electron chi connectivity index (χ2n) is 6.45. The minimum absolute atomic E-state index is 0.247. The predicted octanol–water partition coefficient (Wildman–Crippen LogP) is 5.46. The number of hydrogen-bond donors (Lipinski definition) is 1. The minimum Gasteiger partial charge on any atom is -0.494 e. The highest BCUT2D eigenvalue weighted by Gasteiger charge is 2.17. The summed E-state index contributed by atoms with van der Waals surface area (Å²) in [6.45, 7) is 1.82. The summed E-state index contributed by atoms with van der Waals surface area (Å²) in [5.74, 6) is 0.0855. The van der Waals surface area contributed by atoms with E-state index in [1.54, 1.807) is 54.6 Å². The van der Waals surface area contributed by atoms with E-state index in [2.05, 4.69) is 9.98 Å². The van der Waals surface area contributed by atoms with Crippen LogP contribution in [0.1, 0.15) is 11.3 Å². The Morgan fingerprint density at radius 1 is 1.00 bits per heavy atom. The molecule has 0 fully saturated rings. The summed E-state index contributed by atoms with van der Waals surface area (Å²) in [5.41, 5.74) is 1.28. The molecule has 0 atom stereocenters. The standard InChI is InChI=1S/C22H15Cl2N3O2/c1-13-5-4-8-20(26-13)27-21(28)18-7-3-2-6-17(18)19(22(27)29)12-25-16-10-14(23)9-15(24)11-16/h2-12,29H,1H3. The quantitative estimate of drug-likeness (QED) is 0.445. The van der Waals surface area contributed by atoms with Crippen molar-refractivity contribution >= 4 is 45.9 Å². The molecule has 2 aromatic carbocycles. The lowest BCUT2D eigenvalue weighted by molar-refractivity contribution is 0.435. The SMILES string of the molecule is Cc1cccc(-n2c(O)c(C=Nc3cc(Cl)cc(Cl)c3)c3ccccc3c2=O)n1. The highest BCUT2D eigenvalue weighted by molar-refractivity contribution is 6.35. The first-order chi connectivity index (χ1) is 13.9. The summed E-state index contributed by atoms with van der Waals surface area (Å²) < 4.78 is 1.18. The molecular weight excluding hydrogens is 409 g/mol. The number of rotatable bonds is 3. The van der Waals surface area contributed by atoms with E-state index in [1.807, 2.05) is 13.0 Å². The fourth-order valence-electron chi connectivity index (χ4n) is 3.11. The lowest BCUT2D eigenvalue weighted by atomic mass is 10.1. The maximum absolute atomic E-state index is 13.1. The maximum Gasteiger partial charge on any atom is 0.267 e. The van der Waals surface area contributed by atoms with E-state index in [4.69, 9.17) is 23.2 Å². The molecule has 0 amide bonds. The van der Waals surface area contributed by atoms with E-state index in [0.717, 1.165) is 5.69 Å². The number of aryl methyl sites for hydroxylation is 1. The van der Waals surface area contributed by atoms with Gasteiger partial charge in [-0.25, -0.2) is 9.55 Å². The molecule has 0 saturated heterocycles. The van der Waals surface area contributed by atoms with Crippen LogP contribution in [0.3, 0.4) is 0 Å². The summed E-state index contributed by atoms with van der Waals surface area (Å²) in [6.07, 6.45) is 1.49. The zero-order valence-corrected chi connectivity index (χ0v) is 16.8. The number of aromatic hydroxyl groups is 1. The van der Waals surface area contributed by atoms with Crippen LogP contribution in [0.5, 0.6) is 5.88 Å². The number of fused-ring (bicyclic) bond motifs is 1. The molecule has 5 nitrogen and oxygen atoms in total. The van der Waals surface area contributed by atoms with Crippen LogP contribution in [0.25, 0.3) is 16.6 Å². The van der Waals surface area contributed by atoms with Crippen LogP contribution in [0.4, 0.5) is 5.69 Å². The fourth-order valence-corrected chi connectivity index (χ4v) is 3.62. The van der Waals surface area contributed by atoms with Crippen LogP contribution >= 0.6 is 23.2 Å². The Bertz CT molecular complexity index is 1310. The van der Waals surface area contributed by atoms with Crippen molar-refractivity contribution in [3.63, 3.8) is 0 Å². The van der Waals surface area contributed by atoms with E-state index in [-0.39, 0.29) is 11.4 Å². The van der Waals surface area contributed by atoms with Crippen LogP contribution < -0.4 is 5.56 Å². The number of aromatic nitrogens is 2. The molecule has 144 valence electrons. The number of aliphatic imine (C=N–C) groups is 1. The van der Waals surface area contributed by atoms with Gasteiger partial charge in [0.05, 0.1) is 11.3 Å². The molecule has 0 aliphatic carbocycles. The fraction of sp³-hybridized carbons (Fsp3) is 0.0455. The maximum atomic E-state index is 13.1. The average molecular weight is 424 g/mol. The Morgan fingerprint density at radius 3 is 2.38 bits per heavy atom. The summed E-state index contributed by atoms with van der Waals surface area (Å²) in [6, 6.07) is 17.2. The van der Waals surface area contributed by atoms with Crippen molar-refractivity contribution < 1.29 is 5.11 Å². The molecule has 0 aliphatic rings. The Balaban J connectivity index is 1.98. The van der Waals surface area contributed by atoms with Gasteiger partial charge < -0.3 is 5.11 Å². The monoisotopic (exact) mass is 423 g/mol. The zero-order valence-electron chi connectivity index (χ0n) is 15.3. The molecule has 1 N–H and O–H groups in total. The van der Waals surface area contributed by atoms with Crippen LogP contribution in [0, 0.1) is 6.92 Å². The highest BCUT2D eigenvalue weighted by Crippen LogP contribution is 2.28. The van der Waals surface area contributed by atoms with Crippen molar-refractivity contribution in [1.82, 2.24) is 9.55 Å². The van der Waals surface area contributed by atoms with Crippen LogP contribution in [0.2, 0.25) is 10.0 Å². The Morgan fingerprint density at radius 2 is 1.69 bits per heavy atom. The molecule has 4 aromatic rings. The average Bonchev–Trinajstić information content (AvgIpc) is 2.67. The number of nitrogens with zero attached hydrogens (tertiary/aromatic N) is 3. The van der Waals surface area contributed by atoms with E-state index >= 15 is 0 Å². The van der Waals surface area contributed by atoms with E-state index < -0.39 is 0 Å². The number of halogens is 2. The van der Waals surface area contributed by atoms with Gasteiger partial charge in [0.25, 0.3) is 5.56 Å². The van der Waals surface area contributed by atoms with Crippen molar-refractivity contribution in [2.45, 2.75) is 6.92 Å². The summed E-state index contributed by atoms with van der Waals surface area (Å²) in [4.78, 5) is 21.8. The molecule has 2 aromatic heterocycles. The molecule has 29 heavy (non-hydrogen) atoms. The van der Waals surface area contributed by atoms with Gasteiger partial charge in [-0.15, -0.1) is 0 Å². The number of benzene rings is 2. The molecule has 2 heterocycles. The summed E-state index contributed by atoms with van der Waals surface area (Å²) in [5, 5.41) is 12.9. The Kier molecular flexibility index (Phi) is 5.09. The van der Waals surface area contributed by atoms with Gasteiger partial charge in [0.2, 0.25) is 5.88 Å². The van der Waals surface area contributed by atoms with Gasteiger partial charge in [0, 0.05) is 32.7 Å². The molecule has 0 unspecified atom stereocenters. The van der Waals surface area contributed by atoms with Gasteiger partial charge in [-0.3, -0.25) is 9.79 Å². The highest BCUT2D eigenvalue weighted by atomic mass is 35.5. The smallest absolute Gasteiger partial charge is 0.267 e. The van der Waals surface area contributed by atoms with Gasteiger partial charge in [-0.05, 0) is 43.3 Å². The van der Waals surface area contributed by atoms with Crippen molar-refractivity contribution in [3.05, 3.63) is 92.3 Å². The van der Waals surface area contributed by atoms with Gasteiger partial charge in [-0.1, -0.05) is 47.5 Å². The van der Waals surface area contributed by atoms with Gasteiger partial charge in [0.15, 0.2) is 0 Å².